The van der Waals surface area contributed by atoms with Crippen LogP contribution in [0.5, 0.6) is 0 Å². The van der Waals surface area contributed by atoms with Crippen LogP contribution in [0.1, 0.15) is 82.5 Å². The summed E-state index contributed by atoms with van der Waals surface area (Å²) in [5.74, 6) is 2.58. The lowest BCUT2D eigenvalue weighted by Crippen LogP contribution is -2.47. The highest BCUT2D eigenvalue weighted by atomic mass is 35.5. The Hall–Kier alpha value is -2.95. The number of piperidine rings is 1. The minimum Gasteiger partial charge on any atom is -0.398 e. The number of hydrogen-bond donors (Lipinski definition) is 2. The molecule has 2 saturated heterocycles. The number of aromatic nitrogens is 2. The summed E-state index contributed by atoms with van der Waals surface area (Å²) in [5.41, 5.74) is 8.32. The average molecular weight is 969 g/mol. The Labute approximate surface area is 402 Å². The van der Waals surface area contributed by atoms with Crippen LogP contribution >= 0.6 is 47.1 Å². The van der Waals surface area contributed by atoms with Gasteiger partial charge in [0.15, 0.2) is 0 Å². The van der Waals surface area contributed by atoms with E-state index in [4.69, 9.17) is 22.1 Å². The molecule has 1 aromatic heterocycles. The van der Waals surface area contributed by atoms with Gasteiger partial charge in [0.05, 0.1) is 18.9 Å². The van der Waals surface area contributed by atoms with Crippen molar-refractivity contribution in [2.24, 2.45) is 11.3 Å². The fourth-order valence-electron chi connectivity index (χ4n) is 9.27. The molecule has 3 aliphatic heterocycles. The first kappa shape index (κ1) is 49.9. The fraction of sp³-hybridized carbons (Fsp3) is 0.520. The van der Waals surface area contributed by atoms with E-state index in [1.807, 2.05) is 23.9 Å². The molecule has 0 saturated carbocycles. The molecule has 8 nitrogen and oxygen atoms in total. The fourth-order valence-corrected chi connectivity index (χ4v) is 11.7. The first-order chi connectivity index (χ1) is 31.3. The second-order valence-corrected chi connectivity index (χ2v) is 21.8. The number of likely N-dealkylation sites (tertiary alicyclic amines) is 1. The van der Waals surface area contributed by atoms with Gasteiger partial charge in [-0.15, -0.1) is 11.8 Å². The molecule has 2 fully saturated rings. The molecule has 15 heteroatoms. The van der Waals surface area contributed by atoms with Gasteiger partial charge in [-0.05, 0) is 165 Å². The Kier molecular flexibility index (Phi) is 18.3. The molecular formula is C50H65ClF3N7OS3. The summed E-state index contributed by atoms with van der Waals surface area (Å²) in [6.45, 7) is 17.4. The topological polar surface area (TPSA) is 82.8 Å². The number of rotatable bonds is 15. The van der Waals surface area contributed by atoms with Crippen LogP contribution in [-0.2, 0) is 17.7 Å². The van der Waals surface area contributed by atoms with Gasteiger partial charge in [0, 0.05) is 69.7 Å². The van der Waals surface area contributed by atoms with Crippen molar-refractivity contribution in [2.45, 2.75) is 105 Å². The van der Waals surface area contributed by atoms with Crippen molar-refractivity contribution in [3.05, 3.63) is 107 Å². The second kappa shape index (κ2) is 23.9. The van der Waals surface area contributed by atoms with E-state index >= 15 is 0 Å². The Morgan fingerprint density at radius 3 is 2.38 bits per heavy atom. The van der Waals surface area contributed by atoms with Crippen LogP contribution in [0.15, 0.2) is 99.4 Å². The van der Waals surface area contributed by atoms with E-state index in [-0.39, 0.29) is 22.3 Å². The van der Waals surface area contributed by atoms with Gasteiger partial charge < -0.3 is 15.2 Å². The molecule has 65 heavy (non-hydrogen) atoms. The number of alkyl halides is 3. The number of nitrogens with two attached hydrogens (primary N) is 1. The third kappa shape index (κ3) is 14.8. The van der Waals surface area contributed by atoms with Crippen LogP contribution in [0.2, 0.25) is 5.02 Å². The highest BCUT2D eigenvalue weighted by Gasteiger charge is 2.36. The standard InChI is InChI=1S/C36H44ClF3N6S2.C14H21NOS/c1-23(2)35(3)14-10-29(24-4-6-26(37)7-5-24)25(19-35)20-45-15-11-27(12-16-45)46-17-13-30-32(21-46)42-22-43-34(30)44-48-28-8-9-31(41)33(18-28)47-36(38,39)40;1-2-6-14(7-3-1)17-13-5-4-8-15-9-11-16-12-10-15/h4-9,18,22-23,27H,10-17,19-21,41H2,1-3H3,(H,42,43,44);1-3,6-7H,4-5,8-13H2. The van der Waals surface area contributed by atoms with E-state index in [9.17, 15) is 13.2 Å². The van der Waals surface area contributed by atoms with Crippen LogP contribution in [0.4, 0.5) is 24.7 Å². The van der Waals surface area contributed by atoms with Crippen LogP contribution < -0.4 is 10.5 Å². The zero-order valence-electron chi connectivity index (χ0n) is 38.1. The number of allylic oxidation sites excluding steroid dienone is 1. The van der Waals surface area contributed by atoms with Crippen molar-refractivity contribution < 1.29 is 17.9 Å². The van der Waals surface area contributed by atoms with Gasteiger partial charge in [0.1, 0.15) is 12.1 Å². The molecule has 0 radical (unpaired) electrons. The number of thioether (sulfide) groups is 2. The molecule has 0 spiro atoms. The Morgan fingerprint density at radius 2 is 1.66 bits per heavy atom. The number of nitrogens with one attached hydrogen (secondary N) is 1. The van der Waals surface area contributed by atoms with Gasteiger partial charge in [-0.1, -0.05) is 68.3 Å². The molecule has 0 bridgehead atoms. The van der Waals surface area contributed by atoms with Gasteiger partial charge in [-0.25, -0.2) is 9.97 Å². The summed E-state index contributed by atoms with van der Waals surface area (Å²) in [5, 5.41) is 0.780. The third-order valence-corrected chi connectivity index (χ3v) is 16.5. The predicted octanol–water partition coefficient (Wildman–Crippen LogP) is 12.5. The lowest BCUT2D eigenvalue weighted by atomic mass is 9.66. The largest absolute Gasteiger partial charge is 0.446 e. The van der Waals surface area contributed by atoms with E-state index in [2.05, 4.69) is 92.6 Å². The zero-order chi connectivity index (χ0) is 45.8. The highest BCUT2D eigenvalue weighted by Crippen LogP contribution is 2.47. The van der Waals surface area contributed by atoms with Crippen molar-refractivity contribution in [1.29, 1.82) is 0 Å². The lowest BCUT2D eigenvalue weighted by molar-refractivity contribution is -0.0328. The normalized spacial score (nSPS) is 20.4. The molecule has 8 rings (SSSR count). The van der Waals surface area contributed by atoms with Crippen molar-refractivity contribution >= 4 is 64.2 Å². The first-order valence-corrected chi connectivity index (χ1v) is 26.1. The number of nitrogen functional groups attached to an aromatic ring is 1. The molecule has 4 aliphatic rings. The summed E-state index contributed by atoms with van der Waals surface area (Å²) in [4.78, 5) is 18.9. The smallest absolute Gasteiger partial charge is 0.398 e. The minimum absolute atomic E-state index is 0.00722. The second-order valence-electron chi connectivity index (χ2n) is 18.2. The van der Waals surface area contributed by atoms with Crippen molar-refractivity contribution in [3.8, 4) is 0 Å². The summed E-state index contributed by atoms with van der Waals surface area (Å²) < 4.78 is 47.5. The number of fused-ring (bicyclic) bond motifs is 1. The molecule has 1 atom stereocenters. The molecule has 4 aromatic rings. The number of unbranched alkanes of at least 4 members (excludes halogenated alkanes) is 1. The quantitative estimate of drug-likeness (QED) is 0.0517. The molecule has 352 valence electrons. The van der Waals surface area contributed by atoms with E-state index in [0.29, 0.717) is 28.1 Å². The summed E-state index contributed by atoms with van der Waals surface area (Å²) in [6, 6.07) is 24.2. The average Bonchev–Trinajstić information content (AvgIpc) is 3.30. The van der Waals surface area contributed by atoms with Gasteiger partial charge in [-0.3, -0.25) is 14.7 Å². The van der Waals surface area contributed by atoms with E-state index < -0.39 is 5.51 Å². The van der Waals surface area contributed by atoms with E-state index in [1.165, 1.54) is 71.7 Å². The Bertz CT molecular complexity index is 2150. The van der Waals surface area contributed by atoms with Gasteiger partial charge in [0.25, 0.3) is 0 Å². The third-order valence-electron chi connectivity index (χ3n) is 13.6. The Balaban J connectivity index is 0.000000310. The number of nitrogens with zero attached hydrogens (tertiary/aromatic N) is 5. The van der Waals surface area contributed by atoms with Crippen molar-refractivity contribution in [1.82, 2.24) is 24.7 Å². The number of halogens is 4. The van der Waals surface area contributed by atoms with Crippen LogP contribution in [0.3, 0.4) is 0 Å². The lowest BCUT2D eigenvalue weighted by Gasteiger charge is -2.43. The molecule has 3 N–H and O–H groups in total. The maximum Gasteiger partial charge on any atom is 0.446 e. The summed E-state index contributed by atoms with van der Waals surface area (Å²) in [7, 11) is 0. The maximum atomic E-state index is 13.0. The molecule has 1 aliphatic carbocycles. The van der Waals surface area contributed by atoms with Crippen LogP contribution in [-0.4, -0.2) is 101 Å². The van der Waals surface area contributed by atoms with Gasteiger partial charge >= 0.3 is 5.51 Å². The van der Waals surface area contributed by atoms with Crippen molar-refractivity contribution in [2.75, 3.05) is 75.2 Å². The number of anilines is 2. The highest BCUT2D eigenvalue weighted by molar-refractivity contribution is 8.01. The number of morpholine rings is 1. The number of ether oxygens (including phenoxy) is 1. The zero-order valence-corrected chi connectivity index (χ0v) is 41.3. The summed E-state index contributed by atoms with van der Waals surface area (Å²) in [6.07, 6.45) is 10.7. The molecule has 0 amide bonds. The maximum absolute atomic E-state index is 13.0. The van der Waals surface area contributed by atoms with Crippen LogP contribution in [0.25, 0.3) is 5.57 Å². The van der Waals surface area contributed by atoms with E-state index in [1.54, 1.807) is 18.0 Å². The molecule has 1 unspecified atom stereocenters. The molecule has 3 aromatic carbocycles. The van der Waals surface area contributed by atoms with Crippen molar-refractivity contribution in [3.63, 3.8) is 0 Å². The van der Waals surface area contributed by atoms with E-state index in [0.717, 1.165) is 107 Å². The monoisotopic (exact) mass is 967 g/mol. The summed E-state index contributed by atoms with van der Waals surface area (Å²) >= 11 is 9.23. The first-order valence-electron chi connectivity index (χ1n) is 23.1. The Morgan fingerprint density at radius 1 is 0.908 bits per heavy atom. The molecule has 4 heterocycles. The van der Waals surface area contributed by atoms with Crippen LogP contribution in [0, 0.1) is 11.3 Å². The minimum atomic E-state index is -4.40. The van der Waals surface area contributed by atoms with Gasteiger partial charge in [0.2, 0.25) is 0 Å². The van der Waals surface area contributed by atoms with Gasteiger partial charge in [-0.2, -0.15) is 13.2 Å². The SMILES string of the molecule is CC(C)C1(C)CCC(c2ccc(Cl)cc2)=C(CN2CCC(N3CCc4c(ncnc4NSc4ccc(N)c(SC(F)(F)F)c4)C3)CC2)C1.c1ccc(SCCCCN2CCOCC2)cc1. The number of benzene rings is 3. The predicted molar refractivity (Wildman–Crippen MR) is 267 cm³/mol. The number of hydrogen-bond acceptors (Lipinski definition) is 11. The molecular weight excluding hydrogens is 903 g/mol.